The number of hydrogen-bond donors (Lipinski definition) is 2. The summed E-state index contributed by atoms with van der Waals surface area (Å²) < 4.78 is 29.2. The minimum atomic E-state index is -3.86. The highest BCUT2D eigenvalue weighted by atomic mass is 32.2. The predicted molar refractivity (Wildman–Crippen MR) is 113 cm³/mol. The molecule has 3 aromatic carbocycles. The van der Waals surface area contributed by atoms with Gasteiger partial charge in [-0.2, -0.15) is 0 Å². The second kappa shape index (κ2) is 7.13. The third-order valence-electron chi connectivity index (χ3n) is 5.52. The number of benzene rings is 3. The van der Waals surface area contributed by atoms with Crippen LogP contribution in [0.5, 0.6) is 0 Å². The molecule has 3 aromatic rings. The number of sulfonamides is 1. The van der Waals surface area contributed by atoms with Gasteiger partial charge >= 0.3 is 0 Å². The van der Waals surface area contributed by atoms with Crippen molar-refractivity contribution in [2.45, 2.75) is 30.2 Å². The van der Waals surface area contributed by atoms with Gasteiger partial charge in [-0.05, 0) is 43.2 Å². The van der Waals surface area contributed by atoms with Crippen molar-refractivity contribution in [2.75, 3.05) is 5.32 Å². The number of aryl methyl sites for hydroxylation is 1. The topological polar surface area (TPSA) is 75.3 Å². The maximum absolute atomic E-state index is 13.2. The van der Waals surface area contributed by atoms with Gasteiger partial charge < -0.3 is 5.32 Å². The highest BCUT2D eigenvalue weighted by Crippen LogP contribution is 2.46. The molecule has 0 saturated heterocycles. The van der Waals surface area contributed by atoms with E-state index in [1.807, 2.05) is 61.5 Å². The third-order valence-corrected chi connectivity index (χ3v) is 6.96. The van der Waals surface area contributed by atoms with Gasteiger partial charge in [-0.25, -0.2) is 13.1 Å². The molecule has 0 fully saturated rings. The van der Waals surface area contributed by atoms with Crippen molar-refractivity contribution in [3.8, 4) is 0 Å². The number of fused-ring (bicyclic) bond motifs is 1. The number of hydrogen-bond acceptors (Lipinski definition) is 3. The van der Waals surface area contributed by atoms with Crippen molar-refractivity contribution in [3.63, 3.8) is 0 Å². The van der Waals surface area contributed by atoms with Gasteiger partial charge in [0.25, 0.3) is 0 Å². The molecule has 0 radical (unpaired) electrons. The monoisotopic (exact) mass is 406 g/mol. The Labute approximate surface area is 170 Å². The predicted octanol–water partition coefficient (Wildman–Crippen LogP) is 3.92. The van der Waals surface area contributed by atoms with Crippen molar-refractivity contribution in [3.05, 3.63) is 95.6 Å². The van der Waals surface area contributed by atoms with E-state index in [1.165, 1.54) is 0 Å². The Balaban J connectivity index is 1.84. The molecule has 148 valence electrons. The average molecular weight is 407 g/mol. The number of para-hydroxylation sites is 1. The zero-order valence-corrected chi connectivity index (χ0v) is 17.0. The molecule has 2 atom stereocenters. The Bertz CT molecular complexity index is 1160. The summed E-state index contributed by atoms with van der Waals surface area (Å²) in [6.45, 7) is 3.68. The number of anilines is 1. The van der Waals surface area contributed by atoms with Crippen LogP contribution in [0.25, 0.3) is 0 Å². The van der Waals surface area contributed by atoms with Crippen LogP contribution >= 0.6 is 0 Å². The minimum Gasteiger partial charge on any atom is -0.325 e. The summed E-state index contributed by atoms with van der Waals surface area (Å²) >= 11 is 0. The lowest BCUT2D eigenvalue weighted by atomic mass is 9.74. The molecule has 0 aromatic heterocycles. The van der Waals surface area contributed by atoms with E-state index in [1.54, 1.807) is 31.2 Å². The van der Waals surface area contributed by atoms with E-state index in [0.717, 1.165) is 16.7 Å². The zero-order chi connectivity index (χ0) is 20.6. The highest BCUT2D eigenvalue weighted by molar-refractivity contribution is 7.89. The van der Waals surface area contributed by atoms with E-state index in [9.17, 15) is 13.2 Å². The van der Waals surface area contributed by atoms with Crippen LogP contribution in [-0.4, -0.2) is 14.3 Å². The summed E-state index contributed by atoms with van der Waals surface area (Å²) in [6, 6.07) is 22.5. The molecule has 1 amide bonds. The van der Waals surface area contributed by atoms with E-state index in [2.05, 4.69) is 10.0 Å². The standard InChI is InChI=1S/C23H22N2O3S/c1-16-12-14-18(15-13-16)29(27,28)25-21(17-8-4-3-5-9-17)23(2)19-10-6-7-11-20(19)24-22(23)26/h3-15,21,25H,1-2H3,(H,24,26)/t21-,23-/m1/s1. The second-order valence-electron chi connectivity index (χ2n) is 7.48. The first-order chi connectivity index (χ1) is 13.8. The van der Waals surface area contributed by atoms with Gasteiger partial charge in [0.15, 0.2) is 0 Å². The van der Waals surface area contributed by atoms with Crippen molar-refractivity contribution < 1.29 is 13.2 Å². The van der Waals surface area contributed by atoms with Crippen LogP contribution in [-0.2, 0) is 20.2 Å². The van der Waals surface area contributed by atoms with E-state index in [-0.39, 0.29) is 10.8 Å². The number of amides is 1. The quantitative estimate of drug-likeness (QED) is 0.674. The van der Waals surface area contributed by atoms with Crippen LogP contribution in [0.1, 0.15) is 29.7 Å². The number of carbonyl (C=O) groups is 1. The van der Waals surface area contributed by atoms with Gasteiger partial charge in [0, 0.05) is 5.69 Å². The molecule has 6 heteroatoms. The van der Waals surface area contributed by atoms with Crippen molar-refractivity contribution in [2.24, 2.45) is 0 Å². The first-order valence-electron chi connectivity index (χ1n) is 9.37. The number of carbonyl (C=O) groups excluding carboxylic acids is 1. The maximum Gasteiger partial charge on any atom is 0.241 e. The lowest BCUT2D eigenvalue weighted by molar-refractivity contribution is -0.121. The summed E-state index contributed by atoms with van der Waals surface area (Å²) in [4.78, 5) is 13.3. The van der Waals surface area contributed by atoms with Crippen LogP contribution in [0.2, 0.25) is 0 Å². The van der Waals surface area contributed by atoms with Gasteiger partial charge in [0.05, 0.1) is 16.4 Å². The fourth-order valence-corrected chi connectivity index (χ4v) is 5.12. The van der Waals surface area contributed by atoms with Crippen LogP contribution in [0.3, 0.4) is 0 Å². The summed E-state index contributed by atoms with van der Waals surface area (Å²) in [5.41, 5.74) is 2.06. The molecule has 29 heavy (non-hydrogen) atoms. The fraction of sp³-hybridized carbons (Fsp3) is 0.174. The Hall–Kier alpha value is -2.96. The van der Waals surface area contributed by atoms with Gasteiger partial charge in [0.1, 0.15) is 0 Å². The average Bonchev–Trinajstić information content (AvgIpc) is 2.98. The Kier molecular flexibility index (Phi) is 4.76. The third kappa shape index (κ3) is 3.34. The van der Waals surface area contributed by atoms with Gasteiger partial charge in [0.2, 0.25) is 15.9 Å². The normalized spacial score (nSPS) is 19.4. The van der Waals surface area contributed by atoms with Crippen molar-refractivity contribution >= 4 is 21.6 Å². The van der Waals surface area contributed by atoms with Crippen molar-refractivity contribution in [1.29, 1.82) is 0 Å². The first-order valence-corrected chi connectivity index (χ1v) is 10.9. The largest absolute Gasteiger partial charge is 0.325 e. The van der Waals surface area contributed by atoms with Gasteiger partial charge in [-0.1, -0.05) is 66.2 Å². The molecule has 2 N–H and O–H groups in total. The Morgan fingerprint density at radius 1 is 0.897 bits per heavy atom. The fourth-order valence-electron chi connectivity index (χ4n) is 3.81. The number of rotatable bonds is 5. The molecule has 1 aliphatic rings. The minimum absolute atomic E-state index is 0.166. The smallest absolute Gasteiger partial charge is 0.241 e. The zero-order valence-electron chi connectivity index (χ0n) is 16.2. The number of nitrogens with one attached hydrogen (secondary N) is 2. The summed E-state index contributed by atoms with van der Waals surface area (Å²) in [7, 11) is -3.86. The van der Waals surface area contributed by atoms with E-state index in [4.69, 9.17) is 0 Å². The Morgan fingerprint density at radius 2 is 1.52 bits per heavy atom. The van der Waals surface area contributed by atoms with E-state index >= 15 is 0 Å². The Morgan fingerprint density at radius 3 is 2.21 bits per heavy atom. The lowest BCUT2D eigenvalue weighted by Crippen LogP contribution is -2.46. The summed E-state index contributed by atoms with van der Waals surface area (Å²) in [5, 5.41) is 2.90. The molecule has 1 aliphatic heterocycles. The summed E-state index contributed by atoms with van der Waals surface area (Å²) in [5.74, 6) is -0.237. The lowest BCUT2D eigenvalue weighted by Gasteiger charge is -2.33. The van der Waals surface area contributed by atoms with E-state index < -0.39 is 21.5 Å². The van der Waals surface area contributed by atoms with Crippen LogP contribution in [0.15, 0.2) is 83.8 Å². The first kappa shape index (κ1) is 19.4. The molecular weight excluding hydrogens is 384 g/mol. The molecule has 0 saturated carbocycles. The second-order valence-corrected chi connectivity index (χ2v) is 9.19. The molecule has 0 bridgehead atoms. The molecule has 5 nitrogen and oxygen atoms in total. The molecule has 0 aliphatic carbocycles. The van der Waals surface area contributed by atoms with Crippen LogP contribution in [0, 0.1) is 6.92 Å². The molecule has 0 unspecified atom stereocenters. The molecule has 1 heterocycles. The van der Waals surface area contributed by atoms with Crippen LogP contribution in [0.4, 0.5) is 5.69 Å². The molecule has 4 rings (SSSR count). The molecular formula is C23H22N2O3S. The van der Waals surface area contributed by atoms with Crippen molar-refractivity contribution in [1.82, 2.24) is 4.72 Å². The molecule has 0 spiro atoms. The SMILES string of the molecule is Cc1ccc(S(=O)(=O)N[C@H](c2ccccc2)[C@]2(C)C(=O)Nc3ccccc32)cc1. The van der Waals surface area contributed by atoms with Crippen LogP contribution < -0.4 is 10.0 Å². The van der Waals surface area contributed by atoms with E-state index in [0.29, 0.717) is 5.69 Å². The summed E-state index contributed by atoms with van der Waals surface area (Å²) in [6.07, 6.45) is 0. The van der Waals surface area contributed by atoms with Gasteiger partial charge in [-0.3, -0.25) is 4.79 Å². The maximum atomic E-state index is 13.2. The van der Waals surface area contributed by atoms with Gasteiger partial charge in [-0.15, -0.1) is 0 Å². The highest BCUT2D eigenvalue weighted by Gasteiger charge is 2.50.